The summed E-state index contributed by atoms with van der Waals surface area (Å²) < 4.78 is 24.9. The van der Waals surface area contributed by atoms with Crippen LogP contribution in [0.3, 0.4) is 0 Å². The SMILES string of the molecule is CCCOc1cccc(/C(O)=C2/C(=O)C(=O)N(CC3CCCO3)C2c2ccc(F)cc2)c1. The van der Waals surface area contributed by atoms with Gasteiger partial charge in [-0.1, -0.05) is 31.2 Å². The van der Waals surface area contributed by atoms with E-state index in [4.69, 9.17) is 9.47 Å². The standard InChI is InChI=1S/C25H26FNO5/c1-2-12-31-19-6-3-5-17(14-19)23(28)21-22(16-8-10-18(26)11-9-16)27(25(30)24(21)29)15-20-7-4-13-32-20/h3,5-6,8-11,14,20,22,28H,2,4,7,12-13,15H2,1H3/b23-21-. The van der Waals surface area contributed by atoms with Crippen molar-refractivity contribution in [3.8, 4) is 5.75 Å². The van der Waals surface area contributed by atoms with E-state index in [-0.39, 0.29) is 24.0 Å². The number of nitrogens with zero attached hydrogens (tertiary/aromatic N) is 1. The maximum absolute atomic E-state index is 13.6. The van der Waals surface area contributed by atoms with Crippen LogP contribution in [0.1, 0.15) is 43.4 Å². The molecule has 0 aliphatic carbocycles. The highest BCUT2D eigenvalue weighted by atomic mass is 19.1. The summed E-state index contributed by atoms with van der Waals surface area (Å²) in [5, 5.41) is 11.1. The van der Waals surface area contributed by atoms with Gasteiger partial charge >= 0.3 is 0 Å². The first kappa shape index (κ1) is 22.0. The van der Waals surface area contributed by atoms with Crippen LogP contribution in [-0.4, -0.2) is 47.6 Å². The van der Waals surface area contributed by atoms with Crippen LogP contribution in [0.4, 0.5) is 4.39 Å². The number of Topliss-reactive ketones (excluding diaryl/α,β-unsaturated/α-hetero) is 1. The van der Waals surface area contributed by atoms with Crippen molar-refractivity contribution in [2.75, 3.05) is 19.8 Å². The van der Waals surface area contributed by atoms with Crippen molar-refractivity contribution < 1.29 is 28.6 Å². The van der Waals surface area contributed by atoms with Gasteiger partial charge in [-0.3, -0.25) is 9.59 Å². The molecule has 2 atom stereocenters. The number of likely N-dealkylation sites (tertiary alicyclic amines) is 1. The average Bonchev–Trinajstić information content (AvgIpc) is 3.40. The molecular weight excluding hydrogens is 413 g/mol. The molecule has 0 bridgehead atoms. The first-order chi connectivity index (χ1) is 15.5. The summed E-state index contributed by atoms with van der Waals surface area (Å²) in [6.07, 6.45) is 2.33. The van der Waals surface area contributed by atoms with Crippen LogP contribution in [0.2, 0.25) is 0 Å². The molecule has 168 valence electrons. The van der Waals surface area contributed by atoms with Crippen molar-refractivity contribution in [1.82, 2.24) is 4.90 Å². The smallest absolute Gasteiger partial charge is 0.295 e. The average molecular weight is 439 g/mol. The van der Waals surface area contributed by atoms with E-state index >= 15 is 0 Å². The lowest BCUT2D eigenvalue weighted by Crippen LogP contribution is -2.36. The van der Waals surface area contributed by atoms with Gasteiger partial charge in [-0.25, -0.2) is 4.39 Å². The second-order valence-electron chi connectivity index (χ2n) is 8.01. The number of ether oxygens (including phenoxy) is 2. The van der Waals surface area contributed by atoms with Crippen LogP contribution in [-0.2, 0) is 14.3 Å². The van der Waals surface area contributed by atoms with Gasteiger partial charge in [-0.05, 0) is 49.1 Å². The molecule has 4 rings (SSSR count). The van der Waals surface area contributed by atoms with Crippen LogP contribution < -0.4 is 4.74 Å². The Morgan fingerprint density at radius 2 is 2.00 bits per heavy atom. The fraction of sp³-hybridized carbons (Fsp3) is 0.360. The predicted octanol–water partition coefficient (Wildman–Crippen LogP) is 4.22. The van der Waals surface area contributed by atoms with E-state index in [0.29, 0.717) is 30.1 Å². The third kappa shape index (κ3) is 4.39. The van der Waals surface area contributed by atoms with Crippen molar-refractivity contribution in [1.29, 1.82) is 0 Å². The van der Waals surface area contributed by atoms with E-state index < -0.39 is 23.5 Å². The molecule has 2 aliphatic rings. The minimum absolute atomic E-state index is 0.0211. The van der Waals surface area contributed by atoms with Crippen LogP contribution in [0.5, 0.6) is 5.75 Å². The highest BCUT2D eigenvalue weighted by Gasteiger charge is 2.47. The lowest BCUT2D eigenvalue weighted by molar-refractivity contribution is -0.140. The number of aliphatic hydroxyl groups excluding tert-OH is 1. The number of hydrogen-bond donors (Lipinski definition) is 1. The van der Waals surface area contributed by atoms with Gasteiger partial charge < -0.3 is 19.5 Å². The fourth-order valence-electron chi connectivity index (χ4n) is 4.18. The molecule has 0 saturated carbocycles. The number of benzene rings is 2. The summed E-state index contributed by atoms with van der Waals surface area (Å²) in [5.41, 5.74) is 0.900. The number of ketones is 1. The first-order valence-corrected chi connectivity index (χ1v) is 10.9. The number of amides is 1. The van der Waals surface area contributed by atoms with Gasteiger partial charge in [0.1, 0.15) is 17.3 Å². The van der Waals surface area contributed by atoms with E-state index in [0.717, 1.165) is 19.3 Å². The molecule has 0 aromatic heterocycles. The molecule has 7 heteroatoms. The fourth-order valence-corrected chi connectivity index (χ4v) is 4.18. The molecule has 2 aromatic carbocycles. The molecule has 1 amide bonds. The molecule has 1 N–H and O–H groups in total. The maximum Gasteiger partial charge on any atom is 0.295 e. The molecule has 0 radical (unpaired) electrons. The molecule has 0 spiro atoms. The third-order valence-corrected chi connectivity index (χ3v) is 5.73. The van der Waals surface area contributed by atoms with Gasteiger partial charge in [0, 0.05) is 18.7 Å². The minimum Gasteiger partial charge on any atom is -0.507 e. The Balaban J connectivity index is 1.77. The zero-order chi connectivity index (χ0) is 22.7. The number of carbonyl (C=O) groups is 2. The quantitative estimate of drug-likeness (QED) is 0.397. The molecule has 2 aliphatic heterocycles. The Labute approximate surface area is 186 Å². The second-order valence-corrected chi connectivity index (χ2v) is 8.01. The number of aliphatic hydroxyl groups is 1. The molecule has 2 heterocycles. The first-order valence-electron chi connectivity index (χ1n) is 10.9. The van der Waals surface area contributed by atoms with Gasteiger partial charge in [0.05, 0.1) is 24.3 Å². The van der Waals surface area contributed by atoms with Crippen molar-refractivity contribution >= 4 is 17.4 Å². The Kier molecular flexibility index (Phi) is 6.55. The molecule has 2 unspecified atom stereocenters. The normalized spacial score (nSPS) is 22.5. The van der Waals surface area contributed by atoms with Crippen LogP contribution in [0, 0.1) is 5.82 Å². The van der Waals surface area contributed by atoms with E-state index in [1.165, 1.54) is 29.2 Å². The predicted molar refractivity (Wildman–Crippen MR) is 117 cm³/mol. The molecule has 32 heavy (non-hydrogen) atoms. The van der Waals surface area contributed by atoms with Gasteiger partial charge in [0.15, 0.2) is 0 Å². The Bertz CT molecular complexity index is 1030. The third-order valence-electron chi connectivity index (χ3n) is 5.73. The lowest BCUT2D eigenvalue weighted by Gasteiger charge is -2.27. The van der Waals surface area contributed by atoms with Crippen molar-refractivity contribution in [2.24, 2.45) is 0 Å². The zero-order valence-corrected chi connectivity index (χ0v) is 17.9. The minimum atomic E-state index is -0.833. The Hall–Kier alpha value is -3.19. The van der Waals surface area contributed by atoms with Crippen molar-refractivity contribution in [3.63, 3.8) is 0 Å². The highest BCUT2D eigenvalue weighted by Crippen LogP contribution is 2.40. The topological polar surface area (TPSA) is 76.1 Å². The number of hydrogen-bond acceptors (Lipinski definition) is 5. The number of rotatable bonds is 7. The van der Waals surface area contributed by atoms with E-state index in [2.05, 4.69) is 0 Å². The van der Waals surface area contributed by atoms with Crippen LogP contribution >= 0.6 is 0 Å². The Morgan fingerprint density at radius 3 is 2.69 bits per heavy atom. The van der Waals surface area contributed by atoms with E-state index in [1.807, 2.05) is 6.92 Å². The monoisotopic (exact) mass is 439 g/mol. The zero-order valence-electron chi connectivity index (χ0n) is 17.9. The molecule has 2 saturated heterocycles. The maximum atomic E-state index is 13.6. The second kappa shape index (κ2) is 9.53. The number of carbonyl (C=O) groups excluding carboxylic acids is 2. The summed E-state index contributed by atoms with van der Waals surface area (Å²) in [6, 6.07) is 11.6. The molecular formula is C25H26FNO5. The van der Waals surface area contributed by atoms with Crippen molar-refractivity contribution in [3.05, 3.63) is 71.0 Å². The van der Waals surface area contributed by atoms with Gasteiger partial charge in [-0.15, -0.1) is 0 Å². The summed E-state index contributed by atoms with van der Waals surface area (Å²) in [6.45, 7) is 3.34. The van der Waals surface area contributed by atoms with E-state index in [1.54, 1.807) is 24.3 Å². The van der Waals surface area contributed by atoms with Crippen LogP contribution in [0.15, 0.2) is 54.1 Å². The summed E-state index contributed by atoms with van der Waals surface area (Å²) in [5.74, 6) is -1.62. The molecule has 2 aromatic rings. The van der Waals surface area contributed by atoms with Crippen molar-refractivity contribution in [2.45, 2.75) is 38.3 Å². The van der Waals surface area contributed by atoms with E-state index in [9.17, 15) is 19.1 Å². The molecule has 2 fully saturated rings. The van der Waals surface area contributed by atoms with Gasteiger partial charge in [0.25, 0.3) is 11.7 Å². The summed E-state index contributed by atoms with van der Waals surface area (Å²) in [4.78, 5) is 27.5. The lowest BCUT2D eigenvalue weighted by atomic mass is 9.95. The van der Waals surface area contributed by atoms with Gasteiger partial charge in [0.2, 0.25) is 0 Å². The number of halogens is 1. The Morgan fingerprint density at radius 1 is 1.22 bits per heavy atom. The largest absolute Gasteiger partial charge is 0.507 e. The summed E-state index contributed by atoms with van der Waals surface area (Å²) in [7, 11) is 0. The van der Waals surface area contributed by atoms with Gasteiger partial charge in [-0.2, -0.15) is 0 Å². The summed E-state index contributed by atoms with van der Waals surface area (Å²) >= 11 is 0. The molecule has 6 nitrogen and oxygen atoms in total. The van der Waals surface area contributed by atoms with Crippen LogP contribution in [0.25, 0.3) is 5.76 Å². The highest BCUT2D eigenvalue weighted by molar-refractivity contribution is 6.46.